The largest absolute Gasteiger partial charge is 0.477 e. The van der Waals surface area contributed by atoms with Crippen LogP contribution < -0.4 is 5.43 Å². The fourth-order valence-corrected chi connectivity index (χ4v) is 1.74. The molecule has 2 aromatic rings. The van der Waals surface area contributed by atoms with Crippen LogP contribution in [0.3, 0.4) is 0 Å². The Balaban J connectivity index is 2.41. The summed E-state index contributed by atoms with van der Waals surface area (Å²) >= 11 is 0. The van der Waals surface area contributed by atoms with Crippen molar-refractivity contribution < 1.29 is 14.3 Å². The van der Waals surface area contributed by atoms with E-state index < -0.39 is 11.4 Å². The molecule has 0 aliphatic carbocycles. The summed E-state index contributed by atoms with van der Waals surface area (Å²) in [6.45, 7) is 3.99. The molecule has 0 amide bonds. The van der Waals surface area contributed by atoms with Crippen LogP contribution in [0.2, 0.25) is 0 Å². The van der Waals surface area contributed by atoms with Gasteiger partial charge in [0.2, 0.25) is 0 Å². The van der Waals surface area contributed by atoms with Crippen LogP contribution in [0.4, 0.5) is 0 Å². The van der Waals surface area contributed by atoms with E-state index >= 15 is 0 Å². The topological polar surface area (TPSA) is 72.4 Å². The van der Waals surface area contributed by atoms with Crippen LogP contribution in [-0.4, -0.2) is 15.6 Å². The second-order valence-corrected chi connectivity index (χ2v) is 4.14. The van der Waals surface area contributed by atoms with Gasteiger partial charge in [-0.3, -0.25) is 4.79 Å². The van der Waals surface area contributed by atoms with Crippen molar-refractivity contribution in [2.24, 2.45) is 0 Å². The van der Waals surface area contributed by atoms with Gasteiger partial charge in [-0.25, -0.2) is 4.79 Å². The third-order valence-corrected chi connectivity index (χ3v) is 2.70. The standard InChI is InChI=1S/C13H13NO4/c1-8-5-12(15)11(13(16)17)7-14(8)6-10-4-3-9(2)18-10/h3-5,7H,6H2,1-2H3,(H,16,17). The lowest BCUT2D eigenvalue weighted by Gasteiger charge is -2.09. The Morgan fingerprint density at radius 2 is 2.11 bits per heavy atom. The van der Waals surface area contributed by atoms with Crippen molar-refractivity contribution in [3.05, 3.63) is 57.4 Å². The molecule has 0 radical (unpaired) electrons. The van der Waals surface area contributed by atoms with Gasteiger partial charge in [-0.05, 0) is 26.0 Å². The molecule has 2 heterocycles. The average Bonchev–Trinajstić information content (AvgIpc) is 2.67. The smallest absolute Gasteiger partial charge is 0.341 e. The molecule has 18 heavy (non-hydrogen) atoms. The highest BCUT2D eigenvalue weighted by molar-refractivity contribution is 5.87. The van der Waals surface area contributed by atoms with E-state index in [1.165, 1.54) is 12.3 Å². The third kappa shape index (κ3) is 2.34. The van der Waals surface area contributed by atoms with Gasteiger partial charge in [0.05, 0.1) is 6.54 Å². The zero-order valence-corrected chi connectivity index (χ0v) is 10.1. The highest BCUT2D eigenvalue weighted by Crippen LogP contribution is 2.10. The molecule has 0 fully saturated rings. The van der Waals surface area contributed by atoms with Crippen molar-refractivity contribution in [2.75, 3.05) is 0 Å². The van der Waals surface area contributed by atoms with Crippen molar-refractivity contribution in [2.45, 2.75) is 20.4 Å². The maximum atomic E-state index is 11.5. The van der Waals surface area contributed by atoms with Crippen LogP contribution in [0.25, 0.3) is 0 Å². The number of carbonyl (C=O) groups is 1. The minimum absolute atomic E-state index is 0.233. The van der Waals surface area contributed by atoms with Crippen LogP contribution in [0, 0.1) is 13.8 Å². The van der Waals surface area contributed by atoms with E-state index in [4.69, 9.17) is 9.52 Å². The lowest BCUT2D eigenvalue weighted by molar-refractivity contribution is 0.0694. The van der Waals surface area contributed by atoms with Crippen molar-refractivity contribution in [3.8, 4) is 0 Å². The van der Waals surface area contributed by atoms with E-state index in [1.807, 2.05) is 19.1 Å². The molecule has 0 aliphatic heterocycles. The fourth-order valence-electron chi connectivity index (χ4n) is 1.74. The lowest BCUT2D eigenvalue weighted by Crippen LogP contribution is -2.19. The van der Waals surface area contributed by atoms with Gasteiger partial charge in [-0.15, -0.1) is 0 Å². The summed E-state index contributed by atoms with van der Waals surface area (Å²) in [6.07, 6.45) is 1.35. The molecule has 0 aliphatic rings. The van der Waals surface area contributed by atoms with Crippen molar-refractivity contribution in [1.29, 1.82) is 0 Å². The molecule has 5 nitrogen and oxygen atoms in total. The summed E-state index contributed by atoms with van der Waals surface area (Å²) in [5, 5.41) is 8.91. The monoisotopic (exact) mass is 247 g/mol. The van der Waals surface area contributed by atoms with E-state index in [0.717, 1.165) is 11.5 Å². The molecule has 0 spiro atoms. The van der Waals surface area contributed by atoms with E-state index in [1.54, 1.807) is 11.5 Å². The summed E-state index contributed by atoms with van der Waals surface area (Å²) in [5.74, 6) is 0.294. The molecular weight excluding hydrogens is 234 g/mol. The zero-order chi connectivity index (χ0) is 13.3. The molecule has 2 rings (SSSR count). The predicted molar refractivity (Wildman–Crippen MR) is 64.9 cm³/mol. The van der Waals surface area contributed by atoms with Gasteiger partial charge in [0.15, 0.2) is 5.43 Å². The van der Waals surface area contributed by atoms with Crippen LogP contribution in [0.5, 0.6) is 0 Å². The van der Waals surface area contributed by atoms with E-state index in [0.29, 0.717) is 12.2 Å². The number of carboxylic acid groups (broad SMARTS) is 1. The second kappa shape index (κ2) is 4.52. The Morgan fingerprint density at radius 3 is 2.67 bits per heavy atom. The molecule has 5 heteroatoms. The molecule has 0 saturated carbocycles. The number of carboxylic acids is 1. The molecule has 2 aromatic heterocycles. The van der Waals surface area contributed by atoms with Gasteiger partial charge in [-0.2, -0.15) is 0 Å². The number of rotatable bonds is 3. The molecule has 0 unspecified atom stereocenters. The van der Waals surface area contributed by atoms with Crippen LogP contribution in [0.1, 0.15) is 27.6 Å². The summed E-state index contributed by atoms with van der Waals surface area (Å²) in [6, 6.07) is 4.98. The first-order valence-corrected chi connectivity index (χ1v) is 5.47. The predicted octanol–water partition coefficient (Wildman–Crippen LogP) is 1.80. The summed E-state index contributed by atoms with van der Waals surface area (Å²) in [7, 11) is 0. The molecule has 0 aromatic carbocycles. The second-order valence-electron chi connectivity index (χ2n) is 4.14. The average molecular weight is 247 g/mol. The van der Waals surface area contributed by atoms with Gasteiger partial charge < -0.3 is 14.1 Å². The SMILES string of the molecule is Cc1ccc(Cn2cc(C(=O)O)c(=O)cc2C)o1. The van der Waals surface area contributed by atoms with Crippen molar-refractivity contribution in [3.63, 3.8) is 0 Å². The highest BCUT2D eigenvalue weighted by Gasteiger charge is 2.11. The van der Waals surface area contributed by atoms with Crippen LogP contribution >= 0.6 is 0 Å². The number of hydrogen-bond donors (Lipinski definition) is 1. The first-order chi connectivity index (χ1) is 8.47. The zero-order valence-electron chi connectivity index (χ0n) is 10.1. The number of furan rings is 1. The normalized spacial score (nSPS) is 10.6. The maximum Gasteiger partial charge on any atom is 0.341 e. The third-order valence-electron chi connectivity index (χ3n) is 2.70. The maximum absolute atomic E-state index is 11.5. The molecule has 0 saturated heterocycles. The van der Waals surface area contributed by atoms with E-state index in [9.17, 15) is 9.59 Å². The summed E-state index contributed by atoms with van der Waals surface area (Å²) in [5.41, 5.74) is -0.0187. The van der Waals surface area contributed by atoms with Gasteiger partial charge in [-0.1, -0.05) is 0 Å². The van der Waals surface area contributed by atoms with Gasteiger partial charge in [0.25, 0.3) is 0 Å². The molecular formula is C13H13NO4. The Labute approximate surface area is 103 Å². The molecule has 0 bridgehead atoms. The van der Waals surface area contributed by atoms with Crippen molar-refractivity contribution >= 4 is 5.97 Å². The van der Waals surface area contributed by atoms with Crippen LogP contribution in [0.15, 0.2) is 33.6 Å². The molecule has 1 N–H and O–H groups in total. The van der Waals surface area contributed by atoms with Gasteiger partial charge in [0, 0.05) is 18.0 Å². The number of aromatic carboxylic acids is 1. The Kier molecular flexibility index (Phi) is 3.06. The number of aromatic nitrogens is 1. The van der Waals surface area contributed by atoms with Gasteiger partial charge >= 0.3 is 5.97 Å². The molecule has 0 atom stereocenters. The van der Waals surface area contributed by atoms with Crippen LogP contribution in [-0.2, 0) is 6.54 Å². The van der Waals surface area contributed by atoms with Crippen molar-refractivity contribution in [1.82, 2.24) is 4.57 Å². The molecule has 94 valence electrons. The first kappa shape index (κ1) is 12.2. The number of aryl methyl sites for hydroxylation is 2. The Bertz CT molecular complexity index is 651. The van der Waals surface area contributed by atoms with E-state index in [2.05, 4.69) is 0 Å². The lowest BCUT2D eigenvalue weighted by atomic mass is 10.2. The Morgan fingerprint density at radius 1 is 1.39 bits per heavy atom. The summed E-state index contributed by atoms with van der Waals surface area (Å²) < 4.78 is 7.11. The quantitative estimate of drug-likeness (QED) is 0.897. The van der Waals surface area contributed by atoms with Gasteiger partial charge in [0.1, 0.15) is 17.1 Å². The number of nitrogens with zero attached hydrogens (tertiary/aromatic N) is 1. The number of pyridine rings is 1. The summed E-state index contributed by atoms with van der Waals surface area (Å²) in [4.78, 5) is 22.4. The first-order valence-electron chi connectivity index (χ1n) is 5.47. The Hall–Kier alpha value is -2.30. The number of hydrogen-bond acceptors (Lipinski definition) is 3. The highest BCUT2D eigenvalue weighted by atomic mass is 16.4. The fraction of sp³-hybridized carbons (Fsp3) is 0.231. The minimum Gasteiger partial charge on any atom is -0.477 e. The minimum atomic E-state index is -1.22. The van der Waals surface area contributed by atoms with E-state index in [-0.39, 0.29) is 5.56 Å².